The molecule has 1 heterocycles. The predicted molar refractivity (Wildman–Crippen MR) is 80.8 cm³/mol. The van der Waals surface area contributed by atoms with E-state index in [2.05, 4.69) is 20.8 Å². The zero-order valence-electron chi connectivity index (χ0n) is 12.8. The van der Waals surface area contributed by atoms with Crippen LogP contribution in [0.2, 0.25) is 0 Å². The lowest BCUT2D eigenvalue weighted by atomic mass is 9.96. The largest absolute Gasteiger partial charge is 0.257 e. The first-order chi connectivity index (χ1) is 9.25. The first-order valence-electron chi connectivity index (χ1n) is 8.29. The fourth-order valence-electron chi connectivity index (χ4n) is 3.96. The molecular formula is C18H27N. The van der Waals surface area contributed by atoms with Crippen LogP contribution in [0.15, 0.2) is 0 Å². The second-order valence-corrected chi connectivity index (χ2v) is 6.54. The molecule has 4 rings (SSSR count). The van der Waals surface area contributed by atoms with E-state index in [1.807, 2.05) is 0 Å². The number of hydrogen-bond donors (Lipinski definition) is 0. The molecule has 1 saturated carbocycles. The molecule has 0 saturated heterocycles. The van der Waals surface area contributed by atoms with Gasteiger partial charge in [0.05, 0.1) is 5.69 Å². The molecule has 0 radical (unpaired) electrons. The normalized spacial score (nSPS) is 20.8. The summed E-state index contributed by atoms with van der Waals surface area (Å²) in [5.74, 6) is 0. The molecule has 104 valence electrons. The van der Waals surface area contributed by atoms with Crippen LogP contribution >= 0.6 is 0 Å². The van der Waals surface area contributed by atoms with Crippen LogP contribution in [0.5, 0.6) is 0 Å². The SMILES string of the molecule is CCC.CCc1c2c(nc3c1CCC31CC1)CCC2. The van der Waals surface area contributed by atoms with Crippen LogP contribution in [-0.2, 0) is 31.1 Å². The van der Waals surface area contributed by atoms with Gasteiger partial charge in [-0.05, 0) is 68.1 Å². The summed E-state index contributed by atoms with van der Waals surface area (Å²) < 4.78 is 0. The van der Waals surface area contributed by atoms with E-state index in [0.717, 1.165) is 0 Å². The molecule has 1 aromatic heterocycles. The third kappa shape index (κ3) is 2.02. The maximum Gasteiger partial charge on any atom is 0.0503 e. The highest BCUT2D eigenvalue weighted by Crippen LogP contribution is 2.57. The number of fused-ring (bicyclic) bond motifs is 3. The number of nitrogens with zero attached hydrogens (tertiary/aromatic N) is 1. The molecule has 1 spiro atoms. The van der Waals surface area contributed by atoms with Crippen molar-refractivity contribution in [3.05, 3.63) is 28.1 Å². The Hall–Kier alpha value is -0.850. The molecule has 1 heteroatoms. The molecule has 0 aromatic carbocycles. The van der Waals surface area contributed by atoms with E-state index < -0.39 is 0 Å². The van der Waals surface area contributed by atoms with Crippen molar-refractivity contribution < 1.29 is 0 Å². The van der Waals surface area contributed by atoms with Gasteiger partial charge in [0.25, 0.3) is 0 Å². The fraction of sp³-hybridized carbons (Fsp3) is 0.722. The van der Waals surface area contributed by atoms with E-state index in [0.29, 0.717) is 5.41 Å². The summed E-state index contributed by atoms with van der Waals surface area (Å²) >= 11 is 0. The third-order valence-corrected chi connectivity index (χ3v) is 5.01. The van der Waals surface area contributed by atoms with Crippen molar-refractivity contribution in [3.63, 3.8) is 0 Å². The van der Waals surface area contributed by atoms with Crippen LogP contribution in [0.4, 0.5) is 0 Å². The lowest BCUT2D eigenvalue weighted by Gasteiger charge is -2.14. The summed E-state index contributed by atoms with van der Waals surface area (Å²) in [4.78, 5) is 5.06. The number of aryl methyl sites for hydroxylation is 1. The average Bonchev–Trinajstić information content (AvgIpc) is 2.89. The van der Waals surface area contributed by atoms with Gasteiger partial charge in [-0.3, -0.25) is 4.98 Å². The first-order valence-corrected chi connectivity index (χ1v) is 8.29. The minimum atomic E-state index is 0.566. The van der Waals surface area contributed by atoms with Crippen LogP contribution in [0, 0.1) is 0 Å². The van der Waals surface area contributed by atoms with Gasteiger partial charge in [0.2, 0.25) is 0 Å². The summed E-state index contributed by atoms with van der Waals surface area (Å²) in [5.41, 5.74) is 8.56. The standard InChI is InChI=1S/C15H19N.C3H8/c1-2-10-11-4-3-5-13(11)16-14-12(10)6-7-15(14)8-9-15;1-3-2/h2-9H2,1H3;3H2,1-2H3. The molecule has 0 aliphatic heterocycles. The van der Waals surface area contributed by atoms with E-state index >= 15 is 0 Å². The maximum absolute atomic E-state index is 5.06. The van der Waals surface area contributed by atoms with E-state index in [4.69, 9.17) is 4.98 Å². The number of aromatic nitrogens is 1. The summed E-state index contributed by atoms with van der Waals surface area (Å²) in [7, 11) is 0. The molecule has 3 aliphatic carbocycles. The van der Waals surface area contributed by atoms with E-state index in [1.54, 1.807) is 16.7 Å². The van der Waals surface area contributed by atoms with Crippen molar-refractivity contribution in [3.8, 4) is 0 Å². The van der Waals surface area contributed by atoms with Gasteiger partial charge in [-0.15, -0.1) is 0 Å². The van der Waals surface area contributed by atoms with Crippen LogP contribution in [0.3, 0.4) is 0 Å². The summed E-state index contributed by atoms with van der Waals surface area (Å²) in [5, 5.41) is 0. The highest BCUT2D eigenvalue weighted by Gasteiger charge is 2.51. The molecular weight excluding hydrogens is 230 g/mol. The Morgan fingerprint density at radius 1 is 0.947 bits per heavy atom. The zero-order valence-corrected chi connectivity index (χ0v) is 12.8. The molecule has 0 unspecified atom stereocenters. The predicted octanol–water partition coefficient (Wildman–Crippen LogP) is 4.53. The van der Waals surface area contributed by atoms with Gasteiger partial charge >= 0.3 is 0 Å². The molecule has 1 fully saturated rings. The highest BCUT2D eigenvalue weighted by atomic mass is 14.8. The Labute approximate surface area is 117 Å². The fourth-order valence-corrected chi connectivity index (χ4v) is 3.96. The second-order valence-electron chi connectivity index (χ2n) is 6.54. The molecule has 0 N–H and O–H groups in total. The van der Waals surface area contributed by atoms with Crippen molar-refractivity contribution in [1.82, 2.24) is 4.98 Å². The number of rotatable bonds is 1. The molecule has 3 aliphatic rings. The molecule has 0 bridgehead atoms. The van der Waals surface area contributed by atoms with Crippen molar-refractivity contribution in [2.75, 3.05) is 0 Å². The molecule has 0 atom stereocenters. The topological polar surface area (TPSA) is 12.9 Å². The summed E-state index contributed by atoms with van der Waals surface area (Å²) in [6, 6.07) is 0. The van der Waals surface area contributed by atoms with Crippen molar-refractivity contribution in [2.24, 2.45) is 0 Å². The minimum absolute atomic E-state index is 0.566. The smallest absolute Gasteiger partial charge is 0.0503 e. The van der Waals surface area contributed by atoms with E-state index in [9.17, 15) is 0 Å². The van der Waals surface area contributed by atoms with E-state index in [1.165, 1.54) is 69.2 Å². The van der Waals surface area contributed by atoms with Gasteiger partial charge in [-0.25, -0.2) is 0 Å². The van der Waals surface area contributed by atoms with Gasteiger partial charge in [-0.1, -0.05) is 27.2 Å². The Bertz CT molecular complexity index is 483. The number of pyridine rings is 1. The van der Waals surface area contributed by atoms with Gasteiger partial charge in [0, 0.05) is 11.1 Å². The lowest BCUT2D eigenvalue weighted by molar-refractivity contribution is 0.661. The second kappa shape index (κ2) is 4.92. The van der Waals surface area contributed by atoms with Crippen molar-refractivity contribution in [2.45, 2.75) is 84.0 Å². The Kier molecular flexibility index (Phi) is 3.41. The first kappa shape index (κ1) is 13.1. The third-order valence-electron chi connectivity index (χ3n) is 5.01. The zero-order chi connectivity index (χ0) is 13.5. The summed E-state index contributed by atoms with van der Waals surface area (Å²) in [6.45, 7) is 6.58. The lowest BCUT2D eigenvalue weighted by Crippen LogP contribution is -2.08. The Balaban J connectivity index is 0.000000339. The Morgan fingerprint density at radius 2 is 1.68 bits per heavy atom. The summed E-state index contributed by atoms with van der Waals surface area (Å²) in [6.07, 6.45) is 11.9. The minimum Gasteiger partial charge on any atom is -0.257 e. The molecule has 1 aromatic rings. The molecule has 0 amide bonds. The van der Waals surface area contributed by atoms with Gasteiger partial charge in [-0.2, -0.15) is 0 Å². The van der Waals surface area contributed by atoms with Crippen LogP contribution in [0.25, 0.3) is 0 Å². The maximum atomic E-state index is 5.06. The molecule has 19 heavy (non-hydrogen) atoms. The van der Waals surface area contributed by atoms with Gasteiger partial charge in [0.15, 0.2) is 0 Å². The van der Waals surface area contributed by atoms with Gasteiger partial charge < -0.3 is 0 Å². The monoisotopic (exact) mass is 257 g/mol. The quantitative estimate of drug-likeness (QED) is 0.720. The number of hydrogen-bond acceptors (Lipinski definition) is 1. The average molecular weight is 257 g/mol. The van der Waals surface area contributed by atoms with Crippen LogP contribution < -0.4 is 0 Å². The van der Waals surface area contributed by atoms with Crippen molar-refractivity contribution >= 4 is 0 Å². The van der Waals surface area contributed by atoms with E-state index in [-0.39, 0.29) is 0 Å². The highest BCUT2D eigenvalue weighted by molar-refractivity contribution is 5.49. The Morgan fingerprint density at radius 3 is 2.32 bits per heavy atom. The molecule has 1 nitrogen and oxygen atoms in total. The van der Waals surface area contributed by atoms with Crippen LogP contribution in [-0.4, -0.2) is 4.98 Å². The van der Waals surface area contributed by atoms with Gasteiger partial charge in [0.1, 0.15) is 0 Å². The van der Waals surface area contributed by atoms with Crippen LogP contribution in [0.1, 0.15) is 81.0 Å². The van der Waals surface area contributed by atoms with Crippen molar-refractivity contribution in [1.29, 1.82) is 0 Å².